The number of likely N-dealkylation sites (tertiary alicyclic amines) is 1. The number of piperidine rings is 1. The Hall–Kier alpha value is -2.48. The van der Waals surface area contributed by atoms with Crippen LogP contribution in [0.2, 0.25) is 0 Å². The Balaban J connectivity index is 1.47. The monoisotopic (exact) mass is 475 g/mol. The minimum Gasteiger partial charge on any atom is -0.487 e. The molecule has 4 atom stereocenters. The van der Waals surface area contributed by atoms with Crippen LogP contribution in [0.15, 0.2) is 18.2 Å². The molecule has 188 valence electrons. The van der Waals surface area contributed by atoms with Gasteiger partial charge in [0.05, 0.1) is 18.8 Å². The quantitative estimate of drug-likeness (QED) is 0.593. The van der Waals surface area contributed by atoms with E-state index in [1.165, 1.54) is 0 Å². The maximum absolute atomic E-state index is 12.6. The van der Waals surface area contributed by atoms with Crippen LogP contribution in [0.25, 0.3) is 0 Å². The molecule has 0 aromatic heterocycles. The lowest BCUT2D eigenvalue weighted by Gasteiger charge is -2.53. The Morgan fingerprint density at radius 3 is 2.71 bits per heavy atom. The Morgan fingerprint density at radius 1 is 1.24 bits per heavy atom. The van der Waals surface area contributed by atoms with Gasteiger partial charge in [0.15, 0.2) is 6.61 Å². The molecule has 0 radical (unpaired) electrons. The number of hydrogen-bond donors (Lipinski definition) is 0. The van der Waals surface area contributed by atoms with E-state index in [2.05, 4.69) is 13.8 Å². The summed E-state index contributed by atoms with van der Waals surface area (Å²) >= 11 is 0. The number of carbonyl (C=O) groups excluding carboxylic acids is 2. The van der Waals surface area contributed by atoms with Crippen molar-refractivity contribution in [1.29, 1.82) is 0 Å². The highest BCUT2D eigenvalue weighted by Gasteiger charge is 2.51. The fraction of sp³-hybridized carbons (Fsp3) is 0.692. The van der Waals surface area contributed by atoms with Crippen LogP contribution in [0.3, 0.4) is 0 Å². The molecule has 3 heterocycles. The van der Waals surface area contributed by atoms with Gasteiger partial charge in [-0.3, -0.25) is 0 Å². The molecule has 8 nitrogen and oxygen atoms in total. The van der Waals surface area contributed by atoms with Crippen LogP contribution >= 0.6 is 0 Å². The van der Waals surface area contributed by atoms with Gasteiger partial charge in [0.2, 0.25) is 0 Å². The van der Waals surface area contributed by atoms with Gasteiger partial charge < -0.3 is 28.6 Å². The number of hydrogen-bond acceptors (Lipinski definition) is 7. The van der Waals surface area contributed by atoms with Crippen molar-refractivity contribution in [2.45, 2.75) is 77.8 Å². The van der Waals surface area contributed by atoms with Crippen molar-refractivity contribution in [3.05, 3.63) is 23.8 Å². The molecule has 1 aromatic rings. The third-order valence-electron chi connectivity index (χ3n) is 6.78. The number of fused-ring (bicyclic) bond motifs is 4. The van der Waals surface area contributed by atoms with Gasteiger partial charge in [-0.25, -0.2) is 9.59 Å². The first-order valence-electron chi connectivity index (χ1n) is 12.2. The Labute approximate surface area is 201 Å². The third-order valence-corrected chi connectivity index (χ3v) is 6.78. The van der Waals surface area contributed by atoms with E-state index in [1.54, 1.807) is 6.92 Å². The molecule has 3 aliphatic heterocycles. The SMILES string of the molecule is CCOC(=O)COc1ccc2c(c1)OC(C)(C)[C@H]1C[C@H]3CN(C(=O)OC(C)(C)C)CC[C@@H]3O[C@H]21. The van der Waals surface area contributed by atoms with Crippen LogP contribution in [0.4, 0.5) is 4.79 Å². The first kappa shape index (κ1) is 24.6. The molecule has 0 aliphatic carbocycles. The topological polar surface area (TPSA) is 83.5 Å². The molecule has 0 bridgehead atoms. The number of ether oxygens (including phenoxy) is 5. The van der Waals surface area contributed by atoms with Crippen molar-refractivity contribution in [2.24, 2.45) is 11.8 Å². The first-order valence-corrected chi connectivity index (χ1v) is 12.2. The molecule has 0 saturated carbocycles. The van der Waals surface area contributed by atoms with Gasteiger partial charge in [0.25, 0.3) is 0 Å². The van der Waals surface area contributed by atoms with Crippen LogP contribution in [0.1, 0.15) is 66.1 Å². The van der Waals surface area contributed by atoms with Crippen LogP contribution in [0.5, 0.6) is 11.5 Å². The van der Waals surface area contributed by atoms with E-state index < -0.39 is 17.2 Å². The summed E-state index contributed by atoms with van der Waals surface area (Å²) in [6.45, 7) is 13.0. The average Bonchev–Trinajstić information content (AvgIpc) is 2.75. The molecule has 1 aromatic carbocycles. The summed E-state index contributed by atoms with van der Waals surface area (Å²) in [4.78, 5) is 26.1. The van der Waals surface area contributed by atoms with Gasteiger partial charge in [-0.1, -0.05) is 0 Å². The van der Waals surface area contributed by atoms with E-state index >= 15 is 0 Å². The molecule has 3 aliphatic rings. The van der Waals surface area contributed by atoms with Crippen molar-refractivity contribution in [3.8, 4) is 11.5 Å². The summed E-state index contributed by atoms with van der Waals surface area (Å²) in [6.07, 6.45) is 1.42. The summed E-state index contributed by atoms with van der Waals surface area (Å²) in [5.74, 6) is 1.25. The molecule has 34 heavy (non-hydrogen) atoms. The lowest BCUT2D eigenvalue weighted by molar-refractivity contribution is -0.185. The number of nitrogens with zero attached hydrogens (tertiary/aromatic N) is 1. The fourth-order valence-electron chi connectivity index (χ4n) is 5.21. The van der Waals surface area contributed by atoms with Crippen LogP contribution in [-0.2, 0) is 19.0 Å². The first-order chi connectivity index (χ1) is 16.0. The molecule has 2 saturated heterocycles. The molecule has 0 unspecified atom stereocenters. The maximum Gasteiger partial charge on any atom is 0.410 e. The zero-order valence-electron chi connectivity index (χ0n) is 21.1. The van der Waals surface area contributed by atoms with E-state index in [4.69, 9.17) is 23.7 Å². The zero-order valence-corrected chi connectivity index (χ0v) is 21.1. The average molecular weight is 476 g/mol. The minimum atomic E-state index is -0.510. The van der Waals surface area contributed by atoms with Gasteiger partial charge >= 0.3 is 12.1 Å². The van der Waals surface area contributed by atoms with Crippen LogP contribution in [-0.4, -0.2) is 60.6 Å². The second kappa shape index (κ2) is 9.29. The Bertz CT molecular complexity index is 922. The number of rotatable bonds is 4. The van der Waals surface area contributed by atoms with Gasteiger partial charge in [0, 0.05) is 36.6 Å². The van der Waals surface area contributed by atoms with Crippen molar-refractivity contribution in [3.63, 3.8) is 0 Å². The standard InChI is InChI=1S/C26H37NO7/c1-7-30-22(28)15-31-17-8-9-18-21(13-17)33-26(5,6)19-12-16-14-27(24(29)34-25(2,3)4)11-10-20(16)32-23(18)19/h8-9,13,16,19-20,23H,7,10-12,14-15H2,1-6H3/t16-,19-,20-,23+/m0/s1. The second-order valence-corrected chi connectivity index (χ2v) is 10.9. The summed E-state index contributed by atoms with van der Waals surface area (Å²) in [5.41, 5.74) is 0.0290. The molecular weight excluding hydrogens is 438 g/mol. The van der Waals surface area contributed by atoms with Gasteiger partial charge in [-0.05, 0) is 66.5 Å². The van der Waals surface area contributed by atoms with E-state index in [0.717, 1.165) is 24.2 Å². The molecule has 4 rings (SSSR count). The maximum atomic E-state index is 12.6. The van der Waals surface area contributed by atoms with Crippen LogP contribution < -0.4 is 9.47 Å². The number of esters is 1. The van der Waals surface area contributed by atoms with Crippen molar-refractivity contribution >= 4 is 12.1 Å². The van der Waals surface area contributed by atoms with Gasteiger partial charge in [-0.15, -0.1) is 0 Å². The third kappa shape index (κ3) is 5.27. The normalized spacial score (nSPS) is 27.4. The molecule has 2 fully saturated rings. The fourth-order valence-corrected chi connectivity index (χ4v) is 5.21. The smallest absolute Gasteiger partial charge is 0.410 e. The molecule has 0 N–H and O–H groups in total. The van der Waals surface area contributed by atoms with E-state index in [0.29, 0.717) is 25.4 Å². The summed E-state index contributed by atoms with van der Waals surface area (Å²) in [6, 6.07) is 5.64. The molecule has 8 heteroatoms. The largest absolute Gasteiger partial charge is 0.487 e. The summed E-state index contributed by atoms with van der Waals surface area (Å²) in [5, 5.41) is 0. The Kier molecular flexibility index (Phi) is 6.73. The Morgan fingerprint density at radius 2 is 2.00 bits per heavy atom. The zero-order chi connectivity index (χ0) is 24.7. The van der Waals surface area contributed by atoms with E-state index in [1.807, 2.05) is 43.9 Å². The van der Waals surface area contributed by atoms with Crippen LogP contribution in [0, 0.1) is 11.8 Å². The van der Waals surface area contributed by atoms with Crippen molar-refractivity contribution in [1.82, 2.24) is 4.90 Å². The predicted molar refractivity (Wildman–Crippen MR) is 125 cm³/mol. The number of benzene rings is 1. The predicted octanol–water partition coefficient (Wildman–Crippen LogP) is 4.50. The lowest BCUT2D eigenvalue weighted by Crippen LogP contribution is -2.56. The highest BCUT2D eigenvalue weighted by Crippen LogP contribution is 2.53. The van der Waals surface area contributed by atoms with Crippen molar-refractivity contribution in [2.75, 3.05) is 26.3 Å². The van der Waals surface area contributed by atoms with Gasteiger partial charge in [0.1, 0.15) is 22.7 Å². The van der Waals surface area contributed by atoms with Crippen molar-refractivity contribution < 1.29 is 33.3 Å². The summed E-state index contributed by atoms with van der Waals surface area (Å²) < 4.78 is 29.2. The molecule has 1 amide bonds. The molecular formula is C26H37NO7. The van der Waals surface area contributed by atoms with E-state index in [-0.39, 0.29) is 36.7 Å². The lowest BCUT2D eigenvalue weighted by atomic mass is 9.70. The minimum absolute atomic E-state index is 0.0847. The number of amides is 1. The van der Waals surface area contributed by atoms with E-state index in [9.17, 15) is 9.59 Å². The highest BCUT2D eigenvalue weighted by molar-refractivity contribution is 5.71. The summed E-state index contributed by atoms with van der Waals surface area (Å²) in [7, 11) is 0. The molecule has 0 spiro atoms. The van der Waals surface area contributed by atoms with Gasteiger partial charge in [-0.2, -0.15) is 0 Å². The number of carbonyl (C=O) groups is 2. The second-order valence-electron chi connectivity index (χ2n) is 10.9. The highest BCUT2D eigenvalue weighted by atomic mass is 16.6.